The molecule has 5 nitrogen and oxygen atoms in total. The molecular weight excluding hydrogens is 467 g/mol. The first kappa shape index (κ1) is 23.9. The number of carboxylic acids is 1. The van der Waals surface area contributed by atoms with Crippen LogP contribution in [-0.4, -0.2) is 30.0 Å². The maximum Gasteiger partial charge on any atom is 0.339 e. The quantitative estimate of drug-likeness (QED) is 0.477. The maximum atomic E-state index is 14.3. The number of nitrogens with one attached hydrogen (secondary N) is 2. The van der Waals surface area contributed by atoms with Crippen LogP contribution in [0.15, 0.2) is 64.8 Å². The van der Waals surface area contributed by atoms with Crippen LogP contribution in [0.3, 0.4) is 0 Å². The van der Waals surface area contributed by atoms with Crippen LogP contribution in [0, 0.1) is 23.4 Å². The Balaban J connectivity index is 1.41. The van der Waals surface area contributed by atoms with Crippen molar-refractivity contribution in [3.63, 3.8) is 0 Å². The Morgan fingerprint density at radius 1 is 1.11 bits per heavy atom. The summed E-state index contributed by atoms with van der Waals surface area (Å²) in [4.78, 5) is 16.6. The van der Waals surface area contributed by atoms with E-state index in [0.717, 1.165) is 42.0 Å². The molecule has 1 fully saturated rings. The molecule has 3 aliphatic rings. The number of hydrogen-bond donors (Lipinski definition) is 3. The van der Waals surface area contributed by atoms with Crippen molar-refractivity contribution in [2.24, 2.45) is 10.9 Å². The van der Waals surface area contributed by atoms with Crippen molar-refractivity contribution in [2.75, 3.05) is 18.4 Å². The molecule has 0 radical (unpaired) electrons. The molecule has 2 aliphatic heterocycles. The van der Waals surface area contributed by atoms with Crippen LogP contribution in [0.2, 0.25) is 0 Å². The molecule has 0 spiro atoms. The second kappa shape index (κ2) is 10.0. The number of amidine groups is 1. The topological polar surface area (TPSA) is 73.7 Å². The molecule has 8 heteroatoms. The van der Waals surface area contributed by atoms with Crippen LogP contribution < -0.4 is 10.6 Å². The molecular formula is C28H26F3N3O2. The summed E-state index contributed by atoms with van der Waals surface area (Å²) in [6.07, 6.45) is 10.6. The first-order valence-electron chi connectivity index (χ1n) is 12.0. The predicted molar refractivity (Wildman–Crippen MR) is 133 cm³/mol. The van der Waals surface area contributed by atoms with E-state index < -0.39 is 23.4 Å². The largest absolute Gasteiger partial charge is 0.478 e. The lowest BCUT2D eigenvalue weighted by molar-refractivity contribution is -0.132. The van der Waals surface area contributed by atoms with Gasteiger partial charge in [0.15, 0.2) is 11.6 Å². The number of halogens is 3. The van der Waals surface area contributed by atoms with E-state index in [1.807, 2.05) is 24.3 Å². The average Bonchev–Trinajstić information content (AvgIpc) is 3.67. The van der Waals surface area contributed by atoms with Gasteiger partial charge >= 0.3 is 5.97 Å². The third-order valence-electron chi connectivity index (χ3n) is 6.71. The molecule has 1 saturated carbocycles. The van der Waals surface area contributed by atoms with E-state index in [1.165, 1.54) is 0 Å². The molecule has 0 amide bonds. The van der Waals surface area contributed by atoms with Gasteiger partial charge in [0, 0.05) is 30.8 Å². The van der Waals surface area contributed by atoms with E-state index >= 15 is 0 Å². The molecule has 1 atom stereocenters. The number of anilines is 1. The monoisotopic (exact) mass is 493 g/mol. The molecule has 2 aromatic rings. The molecule has 2 heterocycles. The molecule has 2 aromatic carbocycles. The number of carbonyl (C=O) groups is 1. The highest BCUT2D eigenvalue weighted by molar-refractivity contribution is 6.23. The smallest absolute Gasteiger partial charge is 0.339 e. The maximum absolute atomic E-state index is 14.3. The number of fused-ring (bicyclic) bond motifs is 1. The molecule has 0 bridgehead atoms. The fraction of sp³-hybridized carbons (Fsp3) is 0.286. The van der Waals surface area contributed by atoms with E-state index in [4.69, 9.17) is 0 Å². The lowest BCUT2D eigenvalue weighted by Crippen LogP contribution is -2.22. The molecule has 0 saturated heterocycles. The molecule has 5 rings (SSSR count). The number of hydrogen-bond acceptors (Lipinski definition) is 4. The van der Waals surface area contributed by atoms with Crippen molar-refractivity contribution in [1.82, 2.24) is 5.32 Å². The van der Waals surface area contributed by atoms with Gasteiger partial charge in [0.25, 0.3) is 0 Å². The normalized spacial score (nSPS) is 22.4. The van der Waals surface area contributed by atoms with Gasteiger partial charge in [-0.1, -0.05) is 12.1 Å². The second-order valence-corrected chi connectivity index (χ2v) is 9.33. The fourth-order valence-corrected chi connectivity index (χ4v) is 4.70. The van der Waals surface area contributed by atoms with Crippen molar-refractivity contribution in [1.29, 1.82) is 0 Å². The minimum absolute atomic E-state index is 0.107. The first-order chi connectivity index (χ1) is 17.4. The van der Waals surface area contributed by atoms with Crippen LogP contribution in [0.5, 0.6) is 0 Å². The van der Waals surface area contributed by atoms with Crippen molar-refractivity contribution >= 4 is 23.6 Å². The second-order valence-electron chi connectivity index (χ2n) is 9.33. The van der Waals surface area contributed by atoms with E-state index in [0.29, 0.717) is 36.6 Å². The molecule has 1 aliphatic carbocycles. The summed E-state index contributed by atoms with van der Waals surface area (Å²) in [5.41, 5.74) is 3.73. The average molecular weight is 494 g/mol. The summed E-state index contributed by atoms with van der Waals surface area (Å²) in [6, 6.07) is 7.08. The zero-order valence-corrected chi connectivity index (χ0v) is 19.5. The Kier molecular flexibility index (Phi) is 6.67. The minimum Gasteiger partial charge on any atom is -0.478 e. The summed E-state index contributed by atoms with van der Waals surface area (Å²) >= 11 is 0. The highest BCUT2D eigenvalue weighted by Gasteiger charge is 2.27. The summed E-state index contributed by atoms with van der Waals surface area (Å²) in [6.45, 7) is 0.976. The molecule has 1 unspecified atom stereocenters. The van der Waals surface area contributed by atoms with Crippen LogP contribution in [-0.2, 0) is 11.2 Å². The Bertz CT molecular complexity index is 1330. The van der Waals surface area contributed by atoms with E-state index in [-0.39, 0.29) is 23.5 Å². The van der Waals surface area contributed by atoms with Crippen molar-refractivity contribution in [3.05, 3.63) is 94.0 Å². The van der Waals surface area contributed by atoms with E-state index in [1.54, 1.807) is 12.3 Å². The van der Waals surface area contributed by atoms with Gasteiger partial charge in [0.2, 0.25) is 0 Å². The van der Waals surface area contributed by atoms with Crippen LogP contribution >= 0.6 is 0 Å². The SMILES string of the molecule is O=C(O)/C1=C/C(C2CC2)=C\CCN=C1Nc1ccc2c(c1)C=CNCC2Cc1cc(F)c(F)cc1F. The Hall–Kier alpha value is -3.81. The van der Waals surface area contributed by atoms with Gasteiger partial charge in [-0.25, -0.2) is 18.0 Å². The summed E-state index contributed by atoms with van der Waals surface area (Å²) in [7, 11) is 0. The number of aliphatic carboxylic acids is 1. The lowest BCUT2D eigenvalue weighted by atomic mass is 9.88. The summed E-state index contributed by atoms with van der Waals surface area (Å²) in [5.74, 6) is -3.55. The van der Waals surface area contributed by atoms with Crippen LogP contribution in [0.25, 0.3) is 6.08 Å². The number of allylic oxidation sites excluding steroid dienone is 2. The number of nitrogens with zero attached hydrogens (tertiary/aromatic N) is 1. The van der Waals surface area contributed by atoms with Gasteiger partial charge in [0.1, 0.15) is 17.2 Å². The lowest BCUT2D eigenvalue weighted by Gasteiger charge is -2.20. The van der Waals surface area contributed by atoms with Gasteiger partial charge in [0.05, 0.1) is 0 Å². The summed E-state index contributed by atoms with van der Waals surface area (Å²) < 4.78 is 41.4. The first-order valence-corrected chi connectivity index (χ1v) is 12.0. The predicted octanol–water partition coefficient (Wildman–Crippen LogP) is 5.57. The van der Waals surface area contributed by atoms with E-state index in [2.05, 4.69) is 21.7 Å². The highest BCUT2D eigenvalue weighted by atomic mass is 19.2. The zero-order chi connectivity index (χ0) is 25.2. The molecule has 186 valence electrons. The van der Waals surface area contributed by atoms with Gasteiger partial charge in [-0.15, -0.1) is 0 Å². The van der Waals surface area contributed by atoms with Crippen LogP contribution in [0.4, 0.5) is 18.9 Å². The zero-order valence-electron chi connectivity index (χ0n) is 19.5. The number of rotatable bonds is 5. The Morgan fingerprint density at radius 3 is 2.69 bits per heavy atom. The molecule has 0 aromatic heterocycles. The van der Waals surface area contributed by atoms with Crippen molar-refractivity contribution < 1.29 is 23.1 Å². The standard InChI is InChI=1S/C28H26F3N3O2/c29-24-14-26(31)25(30)13-19(24)10-20-15-32-9-7-18-11-21(5-6-22(18)20)34-27-23(28(35)36)12-17(16-3-4-16)2-1-8-33-27/h2,5-7,9,11-14,16,20,32H,1,3-4,8,10,15H2,(H,33,34)(H,35,36)/b17-2+,23-12+. The Morgan fingerprint density at radius 2 is 1.92 bits per heavy atom. The third kappa shape index (κ3) is 5.22. The van der Waals surface area contributed by atoms with Gasteiger partial charge < -0.3 is 15.7 Å². The molecule has 3 N–H and O–H groups in total. The number of aliphatic imine (C=N–C) groups is 1. The Labute approximate surface area is 207 Å². The minimum atomic E-state index is -1.21. The van der Waals surface area contributed by atoms with Gasteiger partial charge in [-0.3, -0.25) is 4.99 Å². The summed E-state index contributed by atoms with van der Waals surface area (Å²) in [5, 5.41) is 16.2. The molecule has 36 heavy (non-hydrogen) atoms. The van der Waals surface area contributed by atoms with Crippen molar-refractivity contribution in [2.45, 2.75) is 31.6 Å². The van der Waals surface area contributed by atoms with Crippen molar-refractivity contribution in [3.8, 4) is 0 Å². The van der Waals surface area contributed by atoms with Crippen LogP contribution in [0.1, 0.15) is 41.9 Å². The highest BCUT2D eigenvalue weighted by Crippen LogP contribution is 2.38. The fourth-order valence-electron chi connectivity index (χ4n) is 4.70. The van der Waals surface area contributed by atoms with Gasteiger partial charge in [-0.2, -0.15) is 0 Å². The third-order valence-corrected chi connectivity index (χ3v) is 6.71. The van der Waals surface area contributed by atoms with E-state index in [9.17, 15) is 23.1 Å². The number of benzene rings is 2. The number of carboxylic acid groups (broad SMARTS) is 1. The van der Waals surface area contributed by atoms with Gasteiger partial charge in [-0.05, 0) is 90.4 Å².